The van der Waals surface area contributed by atoms with Gasteiger partial charge in [-0.3, -0.25) is 0 Å². The molecule has 2 rings (SSSR count). The second-order valence-corrected chi connectivity index (χ2v) is 7.47. The van der Waals surface area contributed by atoms with Crippen LogP contribution in [0.2, 0.25) is 0 Å². The van der Waals surface area contributed by atoms with Crippen LogP contribution in [0, 0.1) is 11.9 Å². The summed E-state index contributed by atoms with van der Waals surface area (Å²) in [6.45, 7) is 0. The quantitative estimate of drug-likeness (QED) is 0.399. The second-order valence-electron chi connectivity index (χ2n) is 5.00. The number of hydrogen-bond donors (Lipinski definition) is 0. The Bertz CT molecular complexity index is 726. The smallest absolute Gasteiger partial charge is 0.242 e. The fourth-order valence-corrected chi connectivity index (χ4v) is 4.13. The van der Waals surface area contributed by atoms with Gasteiger partial charge in [0.25, 0.3) is 0 Å². The van der Waals surface area contributed by atoms with Crippen LogP contribution in [0.5, 0.6) is 0 Å². The third kappa shape index (κ3) is 4.27. The highest BCUT2D eigenvalue weighted by Crippen LogP contribution is 2.39. The van der Waals surface area contributed by atoms with Gasteiger partial charge in [-0.25, -0.2) is 9.36 Å². The van der Waals surface area contributed by atoms with Crippen molar-refractivity contribution in [3.05, 3.63) is 34.4 Å². The van der Waals surface area contributed by atoms with Crippen LogP contribution in [0.3, 0.4) is 0 Å². The van der Waals surface area contributed by atoms with Crippen molar-refractivity contribution in [3.8, 4) is 0 Å². The van der Waals surface area contributed by atoms with Crippen molar-refractivity contribution in [2.24, 2.45) is 14.1 Å². The van der Waals surface area contributed by atoms with E-state index >= 15 is 0 Å². The lowest BCUT2D eigenvalue weighted by Crippen LogP contribution is -2.09. The van der Waals surface area contributed by atoms with Crippen LogP contribution in [-0.4, -0.2) is 19.6 Å². The molecule has 0 N–H and O–H groups in total. The molecule has 14 heteroatoms. The number of alkyl halides is 6. The average Bonchev–Trinajstić information content (AvgIpc) is 2.95. The zero-order valence-electron chi connectivity index (χ0n) is 13.0. The zero-order chi connectivity index (χ0) is 19.9. The summed E-state index contributed by atoms with van der Waals surface area (Å²) in [6, 6.07) is 0. The lowest BCUT2D eigenvalue weighted by atomic mass is 10.2. The summed E-state index contributed by atoms with van der Waals surface area (Å²) in [7, 11) is 3.28. The van der Waals surface area contributed by atoms with Gasteiger partial charge in [0.2, 0.25) is 11.9 Å². The minimum Gasteiger partial charge on any atom is -0.242 e. The first-order chi connectivity index (χ1) is 11.8. The van der Waals surface area contributed by atoms with Crippen molar-refractivity contribution in [1.82, 2.24) is 19.6 Å². The van der Waals surface area contributed by atoms with Crippen LogP contribution in [0.4, 0.5) is 35.1 Å². The SMILES string of the molecule is Cn1nc(C(F)(F)F)c(CSSCc2c(C(F)(F)F)nn(C)c2F)c1F. The van der Waals surface area contributed by atoms with E-state index in [4.69, 9.17) is 0 Å². The molecule has 26 heavy (non-hydrogen) atoms. The maximum absolute atomic E-state index is 13.7. The normalized spacial score (nSPS) is 12.8. The molecule has 4 nitrogen and oxygen atoms in total. The largest absolute Gasteiger partial charge is 0.435 e. The molecular formula is C12H10F8N4S2. The van der Waals surface area contributed by atoms with Gasteiger partial charge in [0.1, 0.15) is 0 Å². The third-order valence-corrected chi connectivity index (χ3v) is 5.35. The topological polar surface area (TPSA) is 35.6 Å². The van der Waals surface area contributed by atoms with Crippen molar-refractivity contribution in [2.45, 2.75) is 23.9 Å². The van der Waals surface area contributed by atoms with Crippen LogP contribution < -0.4 is 0 Å². The van der Waals surface area contributed by atoms with E-state index in [9.17, 15) is 35.1 Å². The van der Waals surface area contributed by atoms with Crippen LogP contribution in [0.15, 0.2) is 0 Å². The predicted molar refractivity (Wildman–Crippen MR) is 78.9 cm³/mol. The maximum Gasteiger partial charge on any atom is 0.435 e. The summed E-state index contributed by atoms with van der Waals surface area (Å²) in [5.74, 6) is -3.42. The summed E-state index contributed by atoms with van der Waals surface area (Å²) in [4.78, 5) is 0. The third-order valence-electron chi connectivity index (χ3n) is 3.16. The summed E-state index contributed by atoms with van der Waals surface area (Å²) < 4.78 is 105. The van der Waals surface area contributed by atoms with Crippen molar-refractivity contribution in [2.75, 3.05) is 0 Å². The van der Waals surface area contributed by atoms with E-state index in [0.717, 1.165) is 14.1 Å². The van der Waals surface area contributed by atoms with E-state index in [1.807, 2.05) is 0 Å². The molecule has 2 aromatic rings. The highest BCUT2D eigenvalue weighted by Gasteiger charge is 2.40. The Morgan fingerprint density at radius 2 is 1.04 bits per heavy atom. The number of aromatic nitrogens is 4. The number of rotatable bonds is 5. The van der Waals surface area contributed by atoms with Gasteiger partial charge in [-0.05, 0) is 0 Å². The molecule has 0 saturated carbocycles. The predicted octanol–water partition coefficient (Wildman–Crippen LogP) is 4.55. The summed E-state index contributed by atoms with van der Waals surface area (Å²) in [5, 5.41) is 6.11. The van der Waals surface area contributed by atoms with Crippen molar-refractivity contribution in [3.63, 3.8) is 0 Å². The molecule has 0 unspecified atom stereocenters. The first kappa shape index (κ1) is 20.9. The van der Waals surface area contributed by atoms with Gasteiger partial charge in [-0.2, -0.15) is 45.3 Å². The van der Waals surface area contributed by atoms with Gasteiger partial charge in [0.15, 0.2) is 11.4 Å². The van der Waals surface area contributed by atoms with Gasteiger partial charge in [-0.15, -0.1) is 0 Å². The fraction of sp³-hybridized carbons (Fsp3) is 0.500. The molecule has 0 aliphatic carbocycles. The van der Waals surface area contributed by atoms with Crippen LogP contribution in [-0.2, 0) is 38.0 Å². The van der Waals surface area contributed by atoms with Crippen molar-refractivity contribution >= 4 is 21.6 Å². The van der Waals surface area contributed by atoms with Crippen LogP contribution >= 0.6 is 21.6 Å². The lowest BCUT2D eigenvalue weighted by molar-refractivity contribution is -0.142. The van der Waals surface area contributed by atoms with Gasteiger partial charge in [0.05, 0.1) is 11.1 Å². The molecule has 0 fully saturated rings. The van der Waals surface area contributed by atoms with E-state index in [-0.39, 0.29) is 0 Å². The maximum atomic E-state index is 13.7. The molecule has 2 aromatic heterocycles. The molecule has 0 radical (unpaired) electrons. The minimum absolute atomic E-state index is 0.423. The minimum atomic E-state index is -4.87. The number of halogens is 8. The van der Waals surface area contributed by atoms with Gasteiger partial charge in [0, 0.05) is 25.6 Å². The molecule has 0 spiro atoms. The van der Waals surface area contributed by atoms with Gasteiger partial charge >= 0.3 is 12.4 Å². The first-order valence-corrected chi connectivity index (χ1v) is 9.14. The monoisotopic (exact) mass is 426 g/mol. The Morgan fingerprint density at radius 1 is 0.731 bits per heavy atom. The zero-order valence-corrected chi connectivity index (χ0v) is 14.7. The molecule has 2 heterocycles. The molecule has 0 atom stereocenters. The number of hydrogen-bond acceptors (Lipinski definition) is 4. The van der Waals surface area contributed by atoms with E-state index in [2.05, 4.69) is 10.2 Å². The van der Waals surface area contributed by atoms with E-state index in [1.165, 1.54) is 0 Å². The molecule has 0 amide bonds. The van der Waals surface area contributed by atoms with Gasteiger partial charge < -0.3 is 0 Å². The average molecular weight is 426 g/mol. The van der Waals surface area contributed by atoms with Crippen LogP contribution in [0.25, 0.3) is 0 Å². The standard InChI is InChI=1S/C12H10F8N4S2/c1-23-9(13)5(7(21-23)11(15,16)17)3-25-26-4-6-8(12(18,19)20)22-24(2)10(6)14/h3-4H2,1-2H3. The summed E-state index contributed by atoms with van der Waals surface area (Å²) in [5.41, 5.74) is -4.26. The molecule has 0 aliphatic rings. The Morgan fingerprint density at radius 3 is 1.31 bits per heavy atom. The van der Waals surface area contributed by atoms with E-state index in [0.29, 0.717) is 31.0 Å². The van der Waals surface area contributed by atoms with Crippen molar-refractivity contribution in [1.29, 1.82) is 0 Å². The molecule has 146 valence electrons. The van der Waals surface area contributed by atoms with Crippen molar-refractivity contribution < 1.29 is 35.1 Å². The summed E-state index contributed by atoms with van der Waals surface area (Å²) in [6.07, 6.45) is -9.75. The molecule has 0 bridgehead atoms. The number of aryl methyl sites for hydroxylation is 2. The summed E-state index contributed by atoms with van der Waals surface area (Å²) >= 11 is 0. The second kappa shape index (κ2) is 7.29. The highest BCUT2D eigenvalue weighted by atomic mass is 33.1. The highest BCUT2D eigenvalue weighted by molar-refractivity contribution is 8.76. The fourth-order valence-electron chi connectivity index (χ4n) is 2.01. The molecule has 0 aliphatic heterocycles. The number of nitrogens with zero attached hydrogens (tertiary/aromatic N) is 4. The molecular weight excluding hydrogens is 416 g/mol. The van der Waals surface area contributed by atoms with E-state index in [1.54, 1.807) is 0 Å². The Labute approximate surface area is 149 Å². The Kier molecular flexibility index (Phi) is 5.85. The van der Waals surface area contributed by atoms with E-state index < -0.39 is 58.3 Å². The Hall–Kier alpha value is -1.44. The lowest BCUT2D eigenvalue weighted by Gasteiger charge is -2.07. The molecule has 0 aromatic carbocycles. The first-order valence-electron chi connectivity index (χ1n) is 6.65. The van der Waals surface area contributed by atoms with Crippen LogP contribution in [0.1, 0.15) is 22.5 Å². The Balaban J connectivity index is 2.10. The van der Waals surface area contributed by atoms with Gasteiger partial charge in [-0.1, -0.05) is 21.6 Å². The molecule has 0 saturated heterocycles.